The van der Waals surface area contributed by atoms with Crippen LogP contribution in [0.2, 0.25) is 0 Å². The molecule has 0 fully saturated rings. The summed E-state index contributed by atoms with van der Waals surface area (Å²) in [5.41, 5.74) is 1.13. The third-order valence-electron chi connectivity index (χ3n) is 1.86. The Kier molecular flexibility index (Phi) is 2.65. The van der Waals surface area contributed by atoms with E-state index in [1.165, 1.54) is 12.1 Å². The number of aromatic hydroxyl groups is 1. The van der Waals surface area contributed by atoms with Gasteiger partial charge in [-0.2, -0.15) is 0 Å². The molecule has 0 saturated heterocycles. The molecule has 0 aliphatic heterocycles. The Balaban J connectivity index is 3.14. The Morgan fingerprint density at radius 3 is 2.75 bits per heavy atom. The van der Waals surface area contributed by atoms with Crippen LogP contribution in [0.4, 0.5) is 4.39 Å². The molecule has 3 heteroatoms. The molecule has 1 aromatic carbocycles. The Hall–Kier alpha value is -1.09. The molecule has 2 nitrogen and oxygen atoms in total. The maximum atomic E-state index is 12.9. The van der Waals surface area contributed by atoms with Crippen molar-refractivity contribution in [2.75, 3.05) is 7.05 Å². The third kappa shape index (κ3) is 1.56. The van der Waals surface area contributed by atoms with Crippen molar-refractivity contribution in [3.8, 4) is 5.75 Å². The van der Waals surface area contributed by atoms with Gasteiger partial charge in [-0.1, -0.05) is 0 Å². The molecule has 0 atom stereocenters. The molecule has 2 N–H and O–H groups in total. The van der Waals surface area contributed by atoms with Gasteiger partial charge in [-0.15, -0.1) is 0 Å². The van der Waals surface area contributed by atoms with Crippen LogP contribution in [-0.2, 0) is 6.54 Å². The summed E-state index contributed by atoms with van der Waals surface area (Å²) >= 11 is 0. The number of nitrogens with one attached hydrogen (secondary N) is 1. The second-order valence-corrected chi connectivity index (χ2v) is 2.70. The summed E-state index contributed by atoms with van der Waals surface area (Å²) < 4.78 is 12.9. The number of benzene rings is 1. The van der Waals surface area contributed by atoms with Gasteiger partial charge in [0.25, 0.3) is 0 Å². The van der Waals surface area contributed by atoms with Crippen molar-refractivity contribution >= 4 is 0 Å². The van der Waals surface area contributed by atoms with E-state index >= 15 is 0 Å². The number of phenols is 1. The fourth-order valence-corrected chi connectivity index (χ4v) is 1.11. The van der Waals surface area contributed by atoms with Crippen molar-refractivity contribution in [2.24, 2.45) is 0 Å². The summed E-state index contributed by atoms with van der Waals surface area (Å²) in [6.07, 6.45) is 0. The molecule has 0 amide bonds. The largest absolute Gasteiger partial charge is 0.508 e. The molecule has 0 unspecified atom stereocenters. The van der Waals surface area contributed by atoms with Gasteiger partial charge in [0, 0.05) is 12.1 Å². The summed E-state index contributed by atoms with van der Waals surface area (Å²) in [6.45, 7) is 2.14. The number of phenolic OH excluding ortho intramolecular Hbond substituents is 1. The molecule has 1 rings (SSSR count). The zero-order valence-electron chi connectivity index (χ0n) is 7.19. The van der Waals surface area contributed by atoms with Gasteiger partial charge in [0.05, 0.1) is 0 Å². The first-order chi connectivity index (χ1) is 5.66. The molecule has 0 spiro atoms. The fraction of sp³-hybridized carbons (Fsp3) is 0.333. The quantitative estimate of drug-likeness (QED) is 0.704. The molecule has 0 bridgehead atoms. The van der Waals surface area contributed by atoms with Crippen LogP contribution >= 0.6 is 0 Å². The summed E-state index contributed by atoms with van der Waals surface area (Å²) in [7, 11) is 1.75. The predicted molar refractivity (Wildman–Crippen MR) is 45.6 cm³/mol. The second-order valence-electron chi connectivity index (χ2n) is 2.70. The van der Waals surface area contributed by atoms with E-state index in [2.05, 4.69) is 5.32 Å². The Labute approximate surface area is 71.0 Å². The molecule has 0 radical (unpaired) electrons. The minimum absolute atomic E-state index is 0.142. The standard InChI is InChI=1S/C9H12FNO/c1-6-7(5-11-2)9(12)4-3-8(6)10/h3-4,11-12H,5H2,1-2H3. The van der Waals surface area contributed by atoms with Crippen molar-refractivity contribution in [1.82, 2.24) is 5.32 Å². The highest BCUT2D eigenvalue weighted by atomic mass is 19.1. The molecule has 1 aromatic rings. The minimum Gasteiger partial charge on any atom is -0.508 e. The van der Waals surface area contributed by atoms with E-state index in [1.807, 2.05) is 0 Å². The van der Waals surface area contributed by atoms with Crippen LogP contribution in [0.5, 0.6) is 5.75 Å². The lowest BCUT2D eigenvalue weighted by molar-refractivity contribution is 0.462. The summed E-state index contributed by atoms with van der Waals surface area (Å²) in [4.78, 5) is 0. The molecule has 0 aromatic heterocycles. The van der Waals surface area contributed by atoms with E-state index in [9.17, 15) is 9.50 Å². The lowest BCUT2D eigenvalue weighted by Gasteiger charge is -2.07. The van der Waals surface area contributed by atoms with Crippen LogP contribution in [-0.4, -0.2) is 12.2 Å². The smallest absolute Gasteiger partial charge is 0.126 e. The maximum Gasteiger partial charge on any atom is 0.126 e. The maximum absolute atomic E-state index is 12.9. The summed E-state index contributed by atoms with van der Waals surface area (Å²) in [5, 5.41) is 12.2. The lowest BCUT2D eigenvalue weighted by Crippen LogP contribution is -2.07. The van der Waals surface area contributed by atoms with Crippen molar-refractivity contribution in [3.63, 3.8) is 0 Å². The molecule has 66 valence electrons. The highest BCUT2D eigenvalue weighted by molar-refractivity contribution is 5.39. The lowest BCUT2D eigenvalue weighted by atomic mass is 10.1. The van der Waals surface area contributed by atoms with Crippen molar-refractivity contribution in [2.45, 2.75) is 13.5 Å². The molecule has 0 saturated carbocycles. The van der Waals surface area contributed by atoms with Crippen molar-refractivity contribution < 1.29 is 9.50 Å². The monoisotopic (exact) mass is 169 g/mol. The van der Waals surface area contributed by atoms with Gasteiger partial charge < -0.3 is 10.4 Å². The number of rotatable bonds is 2. The first-order valence-electron chi connectivity index (χ1n) is 3.78. The van der Waals surface area contributed by atoms with Gasteiger partial charge in [-0.25, -0.2) is 4.39 Å². The second kappa shape index (κ2) is 3.54. The van der Waals surface area contributed by atoms with Gasteiger partial charge in [-0.05, 0) is 31.7 Å². The minimum atomic E-state index is -0.280. The zero-order chi connectivity index (χ0) is 9.14. The van der Waals surface area contributed by atoms with Crippen LogP contribution in [0, 0.1) is 12.7 Å². The molecular weight excluding hydrogens is 157 g/mol. The fourth-order valence-electron chi connectivity index (χ4n) is 1.11. The topological polar surface area (TPSA) is 32.3 Å². The Bertz CT molecular complexity index is 286. The summed E-state index contributed by atoms with van der Waals surface area (Å²) in [6, 6.07) is 2.64. The van der Waals surface area contributed by atoms with Gasteiger partial charge in [0.15, 0.2) is 0 Å². The van der Waals surface area contributed by atoms with Crippen LogP contribution in [0.1, 0.15) is 11.1 Å². The summed E-state index contributed by atoms with van der Waals surface area (Å²) in [5.74, 6) is -0.138. The van der Waals surface area contributed by atoms with Gasteiger partial charge in [-0.3, -0.25) is 0 Å². The Morgan fingerprint density at radius 1 is 1.50 bits per heavy atom. The molecule has 12 heavy (non-hydrogen) atoms. The molecule has 0 heterocycles. The number of hydrogen-bond donors (Lipinski definition) is 2. The van der Waals surface area contributed by atoms with E-state index in [4.69, 9.17) is 0 Å². The highest BCUT2D eigenvalue weighted by Crippen LogP contribution is 2.22. The number of hydrogen-bond acceptors (Lipinski definition) is 2. The zero-order valence-corrected chi connectivity index (χ0v) is 7.19. The first-order valence-corrected chi connectivity index (χ1v) is 3.78. The van der Waals surface area contributed by atoms with Crippen LogP contribution in [0.3, 0.4) is 0 Å². The van der Waals surface area contributed by atoms with E-state index in [0.29, 0.717) is 17.7 Å². The first kappa shape index (κ1) is 9.00. The van der Waals surface area contributed by atoms with Crippen molar-refractivity contribution in [3.05, 3.63) is 29.1 Å². The van der Waals surface area contributed by atoms with Gasteiger partial charge >= 0.3 is 0 Å². The van der Waals surface area contributed by atoms with Crippen molar-refractivity contribution in [1.29, 1.82) is 0 Å². The predicted octanol–water partition coefficient (Wildman–Crippen LogP) is 1.56. The van der Waals surface area contributed by atoms with E-state index in [1.54, 1.807) is 14.0 Å². The van der Waals surface area contributed by atoms with Crippen LogP contribution in [0.15, 0.2) is 12.1 Å². The average molecular weight is 169 g/mol. The average Bonchev–Trinajstić information content (AvgIpc) is 2.06. The van der Waals surface area contributed by atoms with E-state index in [-0.39, 0.29) is 11.6 Å². The molecule has 0 aliphatic rings. The SMILES string of the molecule is CNCc1c(O)ccc(F)c1C. The van der Waals surface area contributed by atoms with E-state index in [0.717, 1.165) is 0 Å². The van der Waals surface area contributed by atoms with Crippen LogP contribution < -0.4 is 5.32 Å². The van der Waals surface area contributed by atoms with Gasteiger partial charge in [0.2, 0.25) is 0 Å². The number of halogens is 1. The molecule has 0 aliphatic carbocycles. The van der Waals surface area contributed by atoms with E-state index < -0.39 is 0 Å². The molecular formula is C9H12FNO. The van der Waals surface area contributed by atoms with Gasteiger partial charge in [0.1, 0.15) is 11.6 Å². The van der Waals surface area contributed by atoms with Crippen LogP contribution in [0.25, 0.3) is 0 Å². The highest BCUT2D eigenvalue weighted by Gasteiger charge is 2.07. The normalized spacial score (nSPS) is 10.2. The Morgan fingerprint density at radius 2 is 2.17 bits per heavy atom. The third-order valence-corrected chi connectivity index (χ3v) is 1.86.